The zero-order valence-electron chi connectivity index (χ0n) is 16.8. The number of esters is 1. The number of hydrazone groups is 1. The average molecular weight is 420 g/mol. The minimum atomic E-state index is -0.457. The third kappa shape index (κ3) is 3.81. The molecular formula is C22H20N4O3S. The molecule has 0 spiro atoms. The second kappa shape index (κ2) is 8.08. The van der Waals surface area contributed by atoms with Crippen molar-refractivity contribution in [1.82, 2.24) is 4.98 Å². The van der Waals surface area contributed by atoms with Gasteiger partial charge in [-0.15, -0.1) is 0 Å². The summed E-state index contributed by atoms with van der Waals surface area (Å²) >= 11 is 1.38. The standard InChI is InChI=1S/C22H20N4O3S/c1-25(2)15-10-8-14(9-11-15)12-16-18(13-20(27)29-3)24-26(21(16)28)22-23-17-6-4-5-7-19(17)30-22/h4-12H,13H2,1-3H3. The van der Waals surface area contributed by atoms with Gasteiger partial charge in [-0.3, -0.25) is 9.59 Å². The number of thiazole rings is 1. The number of carbonyl (C=O) groups is 2. The zero-order valence-corrected chi connectivity index (χ0v) is 17.6. The predicted molar refractivity (Wildman–Crippen MR) is 120 cm³/mol. The Morgan fingerprint density at radius 3 is 2.57 bits per heavy atom. The molecule has 0 N–H and O–H groups in total. The fourth-order valence-corrected chi connectivity index (χ4v) is 3.97. The fraction of sp³-hybridized carbons (Fsp3) is 0.182. The maximum atomic E-state index is 13.2. The van der Waals surface area contributed by atoms with Gasteiger partial charge in [-0.05, 0) is 35.9 Å². The Morgan fingerprint density at radius 1 is 1.17 bits per heavy atom. The summed E-state index contributed by atoms with van der Waals surface area (Å²) < 4.78 is 5.74. The van der Waals surface area contributed by atoms with Gasteiger partial charge in [-0.2, -0.15) is 10.1 Å². The highest BCUT2D eigenvalue weighted by molar-refractivity contribution is 7.22. The lowest BCUT2D eigenvalue weighted by atomic mass is 10.0. The van der Waals surface area contributed by atoms with Crippen LogP contribution in [0.1, 0.15) is 12.0 Å². The normalized spacial score (nSPS) is 15.0. The van der Waals surface area contributed by atoms with E-state index in [-0.39, 0.29) is 12.3 Å². The van der Waals surface area contributed by atoms with Gasteiger partial charge in [0.2, 0.25) is 5.13 Å². The van der Waals surface area contributed by atoms with Crippen LogP contribution in [0.2, 0.25) is 0 Å². The number of hydrogen-bond donors (Lipinski definition) is 0. The molecule has 1 aliphatic rings. The van der Waals surface area contributed by atoms with E-state index in [0.717, 1.165) is 21.5 Å². The summed E-state index contributed by atoms with van der Waals surface area (Å²) in [6.07, 6.45) is 1.65. The van der Waals surface area contributed by atoms with Crippen LogP contribution in [-0.2, 0) is 14.3 Å². The molecule has 0 aliphatic carbocycles. The van der Waals surface area contributed by atoms with Crippen molar-refractivity contribution in [3.05, 3.63) is 59.7 Å². The van der Waals surface area contributed by atoms with Gasteiger partial charge in [0.1, 0.15) is 0 Å². The van der Waals surface area contributed by atoms with Gasteiger partial charge in [-0.25, -0.2) is 4.98 Å². The molecule has 30 heavy (non-hydrogen) atoms. The lowest BCUT2D eigenvalue weighted by Crippen LogP contribution is -2.21. The van der Waals surface area contributed by atoms with Crippen molar-refractivity contribution in [2.75, 3.05) is 31.1 Å². The highest BCUT2D eigenvalue weighted by atomic mass is 32.1. The van der Waals surface area contributed by atoms with Gasteiger partial charge in [0.05, 0.1) is 35.0 Å². The Balaban J connectivity index is 1.72. The van der Waals surface area contributed by atoms with Crippen molar-refractivity contribution in [3.63, 3.8) is 0 Å². The Hall–Kier alpha value is -3.52. The highest BCUT2D eigenvalue weighted by Gasteiger charge is 2.34. The summed E-state index contributed by atoms with van der Waals surface area (Å²) in [5.41, 5.74) is 3.41. The summed E-state index contributed by atoms with van der Waals surface area (Å²) in [6.45, 7) is 0. The Kier molecular flexibility index (Phi) is 5.33. The lowest BCUT2D eigenvalue weighted by molar-refractivity contribution is -0.139. The molecular weight excluding hydrogens is 400 g/mol. The first-order chi connectivity index (χ1) is 14.5. The number of ether oxygens (including phenoxy) is 1. The van der Waals surface area contributed by atoms with E-state index in [1.165, 1.54) is 23.5 Å². The van der Waals surface area contributed by atoms with Gasteiger partial charge in [-0.1, -0.05) is 35.6 Å². The molecule has 1 aromatic heterocycles. The number of anilines is 2. The molecule has 0 bridgehead atoms. The van der Waals surface area contributed by atoms with Gasteiger partial charge in [0, 0.05) is 19.8 Å². The van der Waals surface area contributed by atoms with Crippen LogP contribution in [0, 0.1) is 0 Å². The predicted octanol–water partition coefficient (Wildman–Crippen LogP) is 3.71. The summed E-state index contributed by atoms with van der Waals surface area (Å²) in [5.74, 6) is -0.772. The molecule has 1 aliphatic heterocycles. The third-order valence-electron chi connectivity index (χ3n) is 4.68. The third-order valence-corrected chi connectivity index (χ3v) is 5.69. The molecule has 0 fully saturated rings. The van der Waals surface area contributed by atoms with Crippen LogP contribution in [0.5, 0.6) is 0 Å². The molecule has 0 saturated heterocycles. The quantitative estimate of drug-likeness (QED) is 0.465. The van der Waals surface area contributed by atoms with Crippen molar-refractivity contribution in [3.8, 4) is 0 Å². The van der Waals surface area contributed by atoms with E-state index in [2.05, 4.69) is 10.1 Å². The molecule has 152 valence electrons. The van der Waals surface area contributed by atoms with Crippen molar-refractivity contribution in [2.24, 2.45) is 5.10 Å². The molecule has 2 aromatic carbocycles. The number of nitrogens with zero attached hydrogens (tertiary/aromatic N) is 4. The van der Waals surface area contributed by atoms with Crippen LogP contribution >= 0.6 is 11.3 Å². The van der Waals surface area contributed by atoms with Crippen LogP contribution in [-0.4, -0.2) is 43.8 Å². The van der Waals surface area contributed by atoms with Crippen molar-refractivity contribution in [1.29, 1.82) is 0 Å². The first-order valence-corrected chi connectivity index (χ1v) is 10.1. The molecule has 0 saturated carbocycles. The molecule has 0 unspecified atom stereocenters. The average Bonchev–Trinajstić information content (AvgIpc) is 3.30. The van der Waals surface area contributed by atoms with Gasteiger partial charge in [0.25, 0.3) is 5.91 Å². The molecule has 7 nitrogen and oxygen atoms in total. The van der Waals surface area contributed by atoms with Gasteiger partial charge in [0.15, 0.2) is 0 Å². The van der Waals surface area contributed by atoms with Crippen LogP contribution in [0.25, 0.3) is 16.3 Å². The Labute approximate surface area is 177 Å². The van der Waals surface area contributed by atoms with E-state index in [0.29, 0.717) is 16.4 Å². The Morgan fingerprint density at radius 2 is 1.90 bits per heavy atom. The number of para-hydroxylation sites is 1. The largest absolute Gasteiger partial charge is 0.469 e. The highest BCUT2D eigenvalue weighted by Crippen LogP contribution is 2.33. The van der Waals surface area contributed by atoms with E-state index < -0.39 is 5.97 Å². The number of fused-ring (bicyclic) bond motifs is 1. The number of hydrogen-bond acceptors (Lipinski definition) is 7. The molecule has 3 aromatic rings. The molecule has 2 heterocycles. The molecule has 1 amide bonds. The maximum absolute atomic E-state index is 13.2. The summed E-state index contributed by atoms with van der Waals surface area (Å²) in [5, 5.41) is 6.15. The minimum Gasteiger partial charge on any atom is -0.469 e. The number of methoxy groups -OCH3 is 1. The molecule has 0 atom stereocenters. The first kappa shape index (κ1) is 19.8. The maximum Gasteiger partial charge on any atom is 0.311 e. The van der Waals surface area contributed by atoms with Crippen molar-refractivity contribution >= 4 is 56.0 Å². The summed E-state index contributed by atoms with van der Waals surface area (Å²) in [7, 11) is 5.24. The SMILES string of the molecule is COC(=O)CC1=NN(c2nc3ccccc3s2)C(=O)C1=Cc1ccc(N(C)C)cc1. The minimum absolute atomic E-state index is 0.0920. The van der Waals surface area contributed by atoms with Crippen molar-refractivity contribution < 1.29 is 14.3 Å². The monoisotopic (exact) mass is 420 g/mol. The first-order valence-electron chi connectivity index (χ1n) is 9.30. The second-order valence-corrected chi connectivity index (χ2v) is 7.93. The van der Waals surface area contributed by atoms with Crippen LogP contribution in [0.3, 0.4) is 0 Å². The van der Waals surface area contributed by atoms with Crippen molar-refractivity contribution in [2.45, 2.75) is 6.42 Å². The number of rotatable bonds is 5. The van der Waals surface area contributed by atoms with E-state index in [1.807, 2.05) is 67.5 Å². The molecule has 0 radical (unpaired) electrons. The van der Waals surface area contributed by atoms with Crippen LogP contribution < -0.4 is 9.91 Å². The van der Waals surface area contributed by atoms with E-state index in [1.54, 1.807) is 6.08 Å². The number of benzene rings is 2. The smallest absolute Gasteiger partial charge is 0.311 e. The van der Waals surface area contributed by atoms with Gasteiger partial charge < -0.3 is 9.64 Å². The van der Waals surface area contributed by atoms with Crippen LogP contribution in [0.15, 0.2) is 59.2 Å². The second-order valence-electron chi connectivity index (χ2n) is 6.92. The zero-order chi connectivity index (χ0) is 21.3. The fourth-order valence-electron chi connectivity index (χ4n) is 3.06. The van der Waals surface area contributed by atoms with Gasteiger partial charge >= 0.3 is 5.97 Å². The van der Waals surface area contributed by atoms with E-state index >= 15 is 0 Å². The summed E-state index contributed by atoms with van der Waals surface area (Å²) in [4.78, 5) is 31.6. The Bertz CT molecular complexity index is 1150. The van der Waals surface area contributed by atoms with Crippen LogP contribution in [0.4, 0.5) is 10.8 Å². The number of carbonyl (C=O) groups excluding carboxylic acids is 2. The van der Waals surface area contributed by atoms with E-state index in [4.69, 9.17) is 4.74 Å². The lowest BCUT2D eigenvalue weighted by Gasteiger charge is -2.12. The topological polar surface area (TPSA) is 75.1 Å². The number of amides is 1. The molecule has 8 heteroatoms. The summed E-state index contributed by atoms with van der Waals surface area (Å²) in [6, 6.07) is 15.4. The molecule has 4 rings (SSSR count). The van der Waals surface area contributed by atoms with E-state index in [9.17, 15) is 9.59 Å². The number of aromatic nitrogens is 1.